The van der Waals surface area contributed by atoms with E-state index in [1.807, 2.05) is 6.07 Å². The number of carbonyl (C=O) groups excluding carboxylic acids is 1. The van der Waals surface area contributed by atoms with E-state index in [9.17, 15) is 14.9 Å². The fourth-order valence-corrected chi connectivity index (χ4v) is 2.83. The van der Waals surface area contributed by atoms with E-state index >= 15 is 0 Å². The van der Waals surface area contributed by atoms with Crippen LogP contribution in [0.15, 0.2) is 36.5 Å². The van der Waals surface area contributed by atoms with E-state index in [4.69, 9.17) is 4.74 Å². The Morgan fingerprint density at radius 2 is 2.25 bits per heavy atom. The number of benzene rings is 1. The molecule has 0 unspecified atom stereocenters. The molecule has 0 fully saturated rings. The van der Waals surface area contributed by atoms with Crippen LogP contribution in [0.1, 0.15) is 29.4 Å². The number of fused-ring (bicyclic) bond motifs is 1. The number of nitro groups is 1. The molecule has 0 aliphatic carbocycles. The third-order valence-electron chi connectivity index (χ3n) is 3.90. The quantitative estimate of drug-likeness (QED) is 0.636. The van der Waals surface area contributed by atoms with Crippen molar-refractivity contribution in [3.63, 3.8) is 0 Å². The van der Waals surface area contributed by atoms with Gasteiger partial charge < -0.3 is 9.64 Å². The summed E-state index contributed by atoms with van der Waals surface area (Å²) in [5.41, 5.74) is 1.70. The van der Waals surface area contributed by atoms with Crippen molar-refractivity contribution in [2.45, 2.75) is 19.8 Å². The van der Waals surface area contributed by atoms with E-state index in [2.05, 4.69) is 4.98 Å². The van der Waals surface area contributed by atoms with Crippen molar-refractivity contribution < 1.29 is 14.5 Å². The van der Waals surface area contributed by atoms with Crippen molar-refractivity contribution in [3.05, 3.63) is 57.9 Å². The van der Waals surface area contributed by atoms with Crippen molar-refractivity contribution in [3.8, 4) is 5.75 Å². The van der Waals surface area contributed by atoms with Gasteiger partial charge >= 0.3 is 5.69 Å². The third kappa shape index (κ3) is 2.92. The molecule has 124 valence electrons. The second kappa shape index (κ2) is 6.66. The van der Waals surface area contributed by atoms with E-state index < -0.39 is 4.92 Å². The first kappa shape index (κ1) is 15.9. The maximum absolute atomic E-state index is 12.8. The molecule has 0 N–H and O–H groups in total. The summed E-state index contributed by atoms with van der Waals surface area (Å²) in [4.78, 5) is 29.5. The third-order valence-corrected chi connectivity index (χ3v) is 3.90. The number of anilines is 1. The molecule has 3 rings (SSSR count). The molecule has 1 aromatic carbocycles. The largest absolute Gasteiger partial charge is 0.487 e. The molecule has 7 nitrogen and oxygen atoms in total. The lowest BCUT2D eigenvalue weighted by atomic mass is 10.1. The summed E-state index contributed by atoms with van der Waals surface area (Å²) in [7, 11) is 0. The van der Waals surface area contributed by atoms with Crippen LogP contribution >= 0.6 is 0 Å². The monoisotopic (exact) mass is 327 g/mol. The maximum atomic E-state index is 12.8. The average molecular weight is 327 g/mol. The molecular weight excluding hydrogens is 310 g/mol. The van der Waals surface area contributed by atoms with Gasteiger partial charge in [0, 0.05) is 24.4 Å². The summed E-state index contributed by atoms with van der Waals surface area (Å²) < 4.78 is 5.26. The van der Waals surface area contributed by atoms with Crippen LogP contribution < -0.4 is 9.64 Å². The Hall–Kier alpha value is -2.96. The Morgan fingerprint density at radius 1 is 1.42 bits per heavy atom. The first-order valence-electron chi connectivity index (χ1n) is 7.78. The Kier molecular flexibility index (Phi) is 4.41. The SMILES string of the molecule is CCOc1ccc(C(=O)N2CCCc3ncccc32)cc1[N+](=O)[O-]. The van der Waals surface area contributed by atoms with Gasteiger partial charge in [-0.05, 0) is 44.0 Å². The Bertz CT molecular complexity index is 791. The minimum Gasteiger partial charge on any atom is -0.487 e. The smallest absolute Gasteiger partial charge is 0.311 e. The molecular formula is C17H17N3O4. The molecule has 1 aromatic heterocycles. The van der Waals surface area contributed by atoms with Gasteiger partial charge in [0.15, 0.2) is 5.75 Å². The van der Waals surface area contributed by atoms with Crippen LogP contribution in [-0.2, 0) is 6.42 Å². The summed E-state index contributed by atoms with van der Waals surface area (Å²) in [6, 6.07) is 7.94. The zero-order valence-corrected chi connectivity index (χ0v) is 13.3. The number of pyridine rings is 1. The number of aromatic nitrogens is 1. The van der Waals surface area contributed by atoms with Crippen molar-refractivity contribution in [2.75, 3.05) is 18.1 Å². The van der Waals surface area contributed by atoms with E-state index in [1.165, 1.54) is 12.1 Å². The lowest BCUT2D eigenvalue weighted by molar-refractivity contribution is -0.385. The number of aryl methyl sites for hydroxylation is 1. The van der Waals surface area contributed by atoms with Crippen LogP contribution in [0, 0.1) is 10.1 Å². The van der Waals surface area contributed by atoms with Crippen LogP contribution in [0.3, 0.4) is 0 Å². The Morgan fingerprint density at radius 3 is 3.00 bits per heavy atom. The average Bonchev–Trinajstić information content (AvgIpc) is 2.61. The van der Waals surface area contributed by atoms with E-state index in [-0.39, 0.29) is 22.9 Å². The van der Waals surface area contributed by atoms with Crippen LogP contribution in [0.2, 0.25) is 0 Å². The molecule has 1 aliphatic heterocycles. The van der Waals surface area contributed by atoms with Crippen molar-refractivity contribution in [1.29, 1.82) is 0 Å². The van der Waals surface area contributed by atoms with Crippen LogP contribution in [0.4, 0.5) is 11.4 Å². The predicted molar refractivity (Wildman–Crippen MR) is 88.5 cm³/mol. The number of rotatable bonds is 4. The van der Waals surface area contributed by atoms with Crippen molar-refractivity contribution in [2.24, 2.45) is 0 Å². The van der Waals surface area contributed by atoms with Crippen molar-refractivity contribution in [1.82, 2.24) is 4.98 Å². The van der Waals surface area contributed by atoms with Gasteiger partial charge in [0.05, 0.1) is 22.9 Å². The highest BCUT2D eigenvalue weighted by molar-refractivity contribution is 6.07. The van der Waals surface area contributed by atoms with Crippen LogP contribution in [-0.4, -0.2) is 29.0 Å². The molecule has 0 spiro atoms. The van der Waals surface area contributed by atoms with Gasteiger partial charge in [-0.3, -0.25) is 19.9 Å². The summed E-state index contributed by atoms with van der Waals surface area (Å²) in [6.07, 6.45) is 3.34. The molecule has 0 atom stereocenters. The van der Waals surface area contributed by atoms with Gasteiger partial charge in [-0.2, -0.15) is 0 Å². The topological polar surface area (TPSA) is 85.6 Å². The minimum atomic E-state index is -0.534. The standard InChI is InChI=1S/C17H17N3O4/c1-2-24-16-8-7-12(11-15(16)20(22)23)17(21)19-10-4-5-13-14(19)6-3-9-18-13/h3,6-9,11H,2,4-5,10H2,1H3. The van der Waals surface area contributed by atoms with E-state index in [1.54, 1.807) is 30.2 Å². The first-order valence-corrected chi connectivity index (χ1v) is 7.78. The summed E-state index contributed by atoms with van der Waals surface area (Å²) in [6.45, 7) is 2.64. The van der Waals surface area contributed by atoms with Gasteiger partial charge in [-0.15, -0.1) is 0 Å². The molecule has 2 heterocycles. The molecule has 0 saturated heterocycles. The molecule has 7 heteroatoms. The van der Waals surface area contributed by atoms with Crippen LogP contribution in [0.25, 0.3) is 0 Å². The van der Waals surface area contributed by atoms with E-state index in [0.29, 0.717) is 13.2 Å². The summed E-state index contributed by atoms with van der Waals surface area (Å²) in [5, 5.41) is 11.2. The zero-order chi connectivity index (χ0) is 17.1. The van der Waals surface area contributed by atoms with Gasteiger partial charge in [-0.25, -0.2) is 0 Å². The maximum Gasteiger partial charge on any atom is 0.311 e. The number of carbonyl (C=O) groups is 1. The van der Waals surface area contributed by atoms with Gasteiger partial charge in [0.1, 0.15) is 0 Å². The minimum absolute atomic E-state index is 0.166. The Labute approximate surface area is 139 Å². The molecule has 1 amide bonds. The number of amides is 1. The summed E-state index contributed by atoms with van der Waals surface area (Å²) in [5.74, 6) is -0.102. The molecule has 0 radical (unpaired) electrons. The highest BCUT2D eigenvalue weighted by atomic mass is 16.6. The predicted octanol–water partition coefficient (Wildman–Crippen LogP) is 2.98. The second-order valence-electron chi connectivity index (χ2n) is 5.40. The number of nitro benzene ring substituents is 1. The zero-order valence-electron chi connectivity index (χ0n) is 13.3. The molecule has 1 aliphatic rings. The second-order valence-corrected chi connectivity index (χ2v) is 5.40. The van der Waals surface area contributed by atoms with Gasteiger partial charge in [0.2, 0.25) is 0 Å². The van der Waals surface area contributed by atoms with Crippen LogP contribution in [0.5, 0.6) is 5.75 Å². The van der Waals surface area contributed by atoms with Crippen molar-refractivity contribution >= 4 is 17.3 Å². The van der Waals surface area contributed by atoms with E-state index in [0.717, 1.165) is 24.2 Å². The molecule has 0 bridgehead atoms. The number of ether oxygens (including phenoxy) is 1. The lowest BCUT2D eigenvalue weighted by Crippen LogP contribution is -2.35. The fraction of sp³-hybridized carbons (Fsp3) is 0.294. The number of hydrogen-bond donors (Lipinski definition) is 0. The highest BCUT2D eigenvalue weighted by Crippen LogP contribution is 2.31. The number of hydrogen-bond acceptors (Lipinski definition) is 5. The Balaban J connectivity index is 1.96. The summed E-state index contributed by atoms with van der Waals surface area (Å²) >= 11 is 0. The van der Waals surface area contributed by atoms with Gasteiger partial charge in [0.25, 0.3) is 5.91 Å². The normalized spacial score (nSPS) is 13.3. The van der Waals surface area contributed by atoms with Gasteiger partial charge in [-0.1, -0.05) is 0 Å². The molecule has 0 saturated carbocycles. The molecule has 2 aromatic rings. The highest BCUT2D eigenvalue weighted by Gasteiger charge is 2.26. The first-order chi connectivity index (χ1) is 11.6. The lowest BCUT2D eigenvalue weighted by Gasteiger charge is -2.28. The number of nitrogens with zero attached hydrogens (tertiary/aromatic N) is 3. The fourth-order valence-electron chi connectivity index (χ4n) is 2.83. The molecule has 24 heavy (non-hydrogen) atoms.